The molecule has 0 bridgehead atoms. The summed E-state index contributed by atoms with van der Waals surface area (Å²) in [5, 5.41) is 29.0. The second-order valence-corrected chi connectivity index (χ2v) is 16.5. The summed E-state index contributed by atoms with van der Waals surface area (Å²) in [6.07, 6.45) is 13.5. The van der Waals surface area contributed by atoms with Gasteiger partial charge in [0, 0.05) is 25.0 Å². The fourth-order valence-electron chi connectivity index (χ4n) is 11.5. The van der Waals surface area contributed by atoms with Crippen LogP contribution >= 0.6 is 0 Å². The Kier molecular flexibility index (Phi) is 8.23. The smallest absolute Gasteiger partial charge is 0.229 e. The first kappa shape index (κ1) is 32.0. The lowest BCUT2D eigenvalue weighted by Gasteiger charge is -2.58. The maximum Gasteiger partial charge on any atom is 0.229 e. The first-order valence-electron chi connectivity index (χ1n) is 18.1. The molecule has 2 saturated heterocycles. The number of phenols is 2. The van der Waals surface area contributed by atoms with Crippen LogP contribution in [0.4, 0.5) is 0 Å². The number of benzene rings is 1. The van der Waals surface area contributed by atoms with Crippen LogP contribution in [0.3, 0.4) is 0 Å². The van der Waals surface area contributed by atoms with Gasteiger partial charge in [-0.2, -0.15) is 0 Å². The average molecular weight is 634 g/mol. The fourth-order valence-corrected chi connectivity index (χ4v) is 11.5. The SMILES string of the molecule is C[C@@H]1CC[C@@]2(NC1)O[C@H]1C[C@H]3[C@@H]4CC=C5C[C@@H](NC(=O)CC(=O)NCCc6ccc(O)c(O)c6)CC[C@]5(C)[C@H]4CC[C@]3(C)[C@H]1[C@@H]2C. The summed E-state index contributed by atoms with van der Waals surface area (Å²) in [4.78, 5) is 25.3. The van der Waals surface area contributed by atoms with Crippen LogP contribution in [-0.4, -0.2) is 53.0 Å². The molecule has 3 saturated carbocycles. The molecular weight excluding hydrogens is 578 g/mol. The van der Waals surface area contributed by atoms with Crippen molar-refractivity contribution in [2.75, 3.05) is 13.1 Å². The number of aromatic hydroxyl groups is 2. The number of ether oxygens (including phenoxy) is 1. The summed E-state index contributed by atoms with van der Waals surface area (Å²) in [5.74, 6) is 3.18. The maximum absolute atomic E-state index is 12.8. The zero-order chi connectivity index (χ0) is 32.4. The van der Waals surface area contributed by atoms with E-state index in [1.165, 1.54) is 43.4 Å². The summed E-state index contributed by atoms with van der Waals surface area (Å²) < 4.78 is 7.06. The molecule has 0 aromatic heterocycles. The van der Waals surface area contributed by atoms with E-state index in [0.29, 0.717) is 54.1 Å². The van der Waals surface area contributed by atoms with Gasteiger partial charge in [-0.05, 0) is 122 Å². The number of nitrogens with one attached hydrogen (secondary N) is 3. The Bertz CT molecular complexity index is 1390. The molecule has 8 nitrogen and oxygen atoms in total. The second kappa shape index (κ2) is 11.8. The molecule has 2 aliphatic heterocycles. The molecule has 2 heterocycles. The Morgan fingerprint density at radius 3 is 2.61 bits per heavy atom. The lowest BCUT2D eigenvalue weighted by molar-refractivity contribution is -0.129. The summed E-state index contributed by atoms with van der Waals surface area (Å²) in [7, 11) is 0. The molecule has 11 atom stereocenters. The summed E-state index contributed by atoms with van der Waals surface area (Å²) in [5.41, 5.74) is 2.75. The molecule has 0 radical (unpaired) electrons. The molecule has 5 N–H and O–H groups in total. The zero-order valence-electron chi connectivity index (χ0n) is 28.2. The number of carbonyl (C=O) groups excluding carboxylic acids is 2. The highest BCUT2D eigenvalue weighted by molar-refractivity contribution is 5.97. The van der Waals surface area contributed by atoms with Crippen molar-refractivity contribution in [3.63, 3.8) is 0 Å². The summed E-state index contributed by atoms with van der Waals surface area (Å²) >= 11 is 0. The van der Waals surface area contributed by atoms with E-state index in [9.17, 15) is 19.8 Å². The Morgan fingerprint density at radius 2 is 1.85 bits per heavy atom. The Hall–Kier alpha value is -2.58. The molecule has 6 aliphatic rings. The number of allylic oxidation sites excluding steroid dienone is 1. The quantitative estimate of drug-likeness (QED) is 0.159. The van der Waals surface area contributed by atoms with E-state index in [0.717, 1.165) is 50.1 Å². The van der Waals surface area contributed by atoms with Crippen molar-refractivity contribution in [2.45, 2.75) is 116 Å². The molecule has 5 fully saturated rings. The zero-order valence-corrected chi connectivity index (χ0v) is 28.2. The van der Waals surface area contributed by atoms with Gasteiger partial charge in [-0.1, -0.05) is 45.4 Å². The van der Waals surface area contributed by atoms with Gasteiger partial charge in [-0.25, -0.2) is 0 Å². The van der Waals surface area contributed by atoms with E-state index in [1.807, 2.05) is 0 Å². The predicted molar refractivity (Wildman–Crippen MR) is 177 cm³/mol. The van der Waals surface area contributed by atoms with Crippen molar-refractivity contribution < 1.29 is 24.5 Å². The molecule has 252 valence electrons. The van der Waals surface area contributed by atoms with E-state index >= 15 is 0 Å². The molecule has 2 amide bonds. The van der Waals surface area contributed by atoms with Crippen LogP contribution in [0.5, 0.6) is 11.5 Å². The topological polar surface area (TPSA) is 120 Å². The lowest BCUT2D eigenvalue weighted by atomic mass is 9.46. The molecule has 1 aromatic carbocycles. The summed E-state index contributed by atoms with van der Waals surface area (Å²) in [6, 6.07) is 4.69. The first-order valence-corrected chi connectivity index (χ1v) is 18.1. The van der Waals surface area contributed by atoms with E-state index in [1.54, 1.807) is 6.07 Å². The standard InChI is InChI=1S/C38H55N3O5/c1-22-9-15-38(40-21-22)23(2)35-32(46-38)19-29-27-7-6-25-18-26(10-13-36(25,3)28(27)11-14-37(29,35)4)41-34(45)20-33(44)39-16-12-24-5-8-30(42)31(43)17-24/h5-6,8,17,22-23,26-29,32,35,40,42-43H,7,9-16,18-21H2,1-4H3,(H,39,44)(H,41,45)/t22-,23+,26+,27-,28+,29+,32+,35+,36+,37+,38-/m1/s1. The molecule has 8 heteroatoms. The van der Waals surface area contributed by atoms with E-state index in [-0.39, 0.29) is 46.9 Å². The second-order valence-electron chi connectivity index (χ2n) is 16.5. The third-order valence-electron chi connectivity index (χ3n) is 14.0. The van der Waals surface area contributed by atoms with Crippen molar-refractivity contribution in [3.05, 3.63) is 35.4 Å². The summed E-state index contributed by atoms with van der Waals surface area (Å²) in [6.45, 7) is 11.4. The van der Waals surface area contributed by atoms with Crippen LogP contribution in [0.25, 0.3) is 0 Å². The third kappa shape index (κ3) is 5.35. The minimum atomic E-state index is -0.300. The van der Waals surface area contributed by atoms with Gasteiger partial charge in [-0.3, -0.25) is 14.9 Å². The van der Waals surface area contributed by atoms with Gasteiger partial charge in [0.2, 0.25) is 11.8 Å². The van der Waals surface area contributed by atoms with Crippen LogP contribution in [0, 0.1) is 46.3 Å². The Balaban J connectivity index is 0.935. The molecule has 4 aliphatic carbocycles. The normalized spacial score (nSPS) is 42.7. The Morgan fingerprint density at radius 1 is 1.02 bits per heavy atom. The van der Waals surface area contributed by atoms with Gasteiger partial charge in [0.25, 0.3) is 0 Å². The van der Waals surface area contributed by atoms with Gasteiger partial charge < -0.3 is 25.6 Å². The number of piperidine rings is 1. The number of carbonyl (C=O) groups is 2. The lowest BCUT2D eigenvalue weighted by Crippen LogP contribution is -2.57. The number of amides is 2. The van der Waals surface area contributed by atoms with Crippen molar-refractivity contribution in [3.8, 4) is 11.5 Å². The van der Waals surface area contributed by atoms with Gasteiger partial charge in [0.05, 0.1) is 6.10 Å². The van der Waals surface area contributed by atoms with Gasteiger partial charge in [-0.15, -0.1) is 0 Å². The molecule has 1 aromatic rings. The van der Waals surface area contributed by atoms with E-state index in [4.69, 9.17) is 4.74 Å². The van der Waals surface area contributed by atoms with E-state index < -0.39 is 0 Å². The minimum Gasteiger partial charge on any atom is -0.504 e. The van der Waals surface area contributed by atoms with Crippen LogP contribution in [-0.2, 0) is 20.7 Å². The predicted octanol–water partition coefficient (Wildman–Crippen LogP) is 5.57. The van der Waals surface area contributed by atoms with Gasteiger partial charge in [0.1, 0.15) is 12.1 Å². The van der Waals surface area contributed by atoms with Crippen molar-refractivity contribution in [2.24, 2.45) is 46.3 Å². The first-order chi connectivity index (χ1) is 21.9. The average Bonchev–Trinajstić information content (AvgIpc) is 3.46. The van der Waals surface area contributed by atoms with Crippen LogP contribution in [0.2, 0.25) is 0 Å². The van der Waals surface area contributed by atoms with Crippen molar-refractivity contribution >= 4 is 11.8 Å². The molecule has 0 unspecified atom stereocenters. The van der Waals surface area contributed by atoms with Crippen LogP contribution in [0.15, 0.2) is 29.8 Å². The molecular formula is C38H55N3O5. The van der Waals surface area contributed by atoms with Crippen molar-refractivity contribution in [1.82, 2.24) is 16.0 Å². The highest BCUT2D eigenvalue weighted by atomic mass is 16.5. The van der Waals surface area contributed by atoms with Crippen LogP contribution in [0.1, 0.15) is 97.5 Å². The number of hydrogen-bond acceptors (Lipinski definition) is 6. The molecule has 1 spiro atoms. The highest BCUT2D eigenvalue weighted by Crippen LogP contribution is 2.70. The van der Waals surface area contributed by atoms with Crippen molar-refractivity contribution in [1.29, 1.82) is 0 Å². The number of phenolic OH excluding ortho intramolecular Hbond substituents is 2. The number of hydrogen-bond donors (Lipinski definition) is 5. The van der Waals surface area contributed by atoms with Crippen LogP contribution < -0.4 is 16.0 Å². The number of rotatable bonds is 6. The van der Waals surface area contributed by atoms with Gasteiger partial charge in [0.15, 0.2) is 11.5 Å². The Labute approximate surface area is 274 Å². The van der Waals surface area contributed by atoms with E-state index in [2.05, 4.69) is 49.7 Å². The minimum absolute atomic E-state index is 0.0759. The molecule has 7 rings (SSSR count). The number of fused-ring (bicyclic) bond motifs is 7. The maximum atomic E-state index is 12.8. The highest BCUT2D eigenvalue weighted by Gasteiger charge is 2.68. The third-order valence-corrected chi connectivity index (χ3v) is 14.0. The molecule has 46 heavy (non-hydrogen) atoms. The largest absolute Gasteiger partial charge is 0.504 e. The van der Waals surface area contributed by atoms with Gasteiger partial charge >= 0.3 is 0 Å². The monoisotopic (exact) mass is 633 g/mol. The fraction of sp³-hybridized carbons (Fsp3) is 0.737.